The maximum Gasteiger partial charge on any atom is 0.418 e. The topological polar surface area (TPSA) is 84.5 Å². The van der Waals surface area contributed by atoms with Crippen LogP contribution in [0.15, 0.2) is 47.4 Å². The number of ether oxygens (including phenoxy) is 1. The van der Waals surface area contributed by atoms with Crippen LogP contribution in [0.5, 0.6) is 5.75 Å². The molecule has 0 aliphatic rings. The van der Waals surface area contributed by atoms with Crippen LogP contribution in [0.25, 0.3) is 0 Å². The number of carbonyl (C=O) groups is 1. The van der Waals surface area contributed by atoms with Crippen molar-refractivity contribution in [2.75, 3.05) is 12.4 Å². The maximum atomic E-state index is 13.0. The first-order chi connectivity index (χ1) is 13.0. The highest BCUT2D eigenvalue weighted by Gasteiger charge is 2.34. The van der Waals surface area contributed by atoms with Gasteiger partial charge in [0.05, 0.1) is 34.3 Å². The average Bonchev–Trinajstić information content (AvgIpc) is 2.60. The van der Waals surface area contributed by atoms with E-state index in [1.807, 2.05) is 0 Å². The highest BCUT2D eigenvalue weighted by atomic mass is 35.5. The number of nitrogens with one attached hydrogen (secondary N) is 2. The Balaban J connectivity index is 2.17. The smallest absolute Gasteiger partial charge is 0.418 e. The van der Waals surface area contributed by atoms with Crippen LogP contribution in [-0.2, 0) is 21.0 Å². The number of rotatable bonds is 6. The van der Waals surface area contributed by atoms with Crippen molar-refractivity contribution in [3.8, 4) is 5.75 Å². The standard InChI is InChI=1S/C17H16ClF3N2O4S/c1-10(16(24)22-14-6-4-3-5-12(14)17(19,20)21)23-28(25,26)11-7-8-15(27-2)13(18)9-11/h3-10,23H,1-2H3,(H,22,24)/t10-/m1/s1. The van der Waals surface area contributed by atoms with Gasteiger partial charge in [-0.05, 0) is 37.3 Å². The largest absolute Gasteiger partial charge is 0.495 e. The van der Waals surface area contributed by atoms with Crippen LogP contribution in [0.3, 0.4) is 0 Å². The van der Waals surface area contributed by atoms with Gasteiger partial charge >= 0.3 is 6.18 Å². The molecular weight excluding hydrogens is 421 g/mol. The third kappa shape index (κ3) is 5.15. The van der Waals surface area contributed by atoms with Gasteiger partial charge in [0.2, 0.25) is 15.9 Å². The number of hydrogen-bond acceptors (Lipinski definition) is 4. The molecule has 2 rings (SSSR count). The summed E-state index contributed by atoms with van der Waals surface area (Å²) in [4.78, 5) is 12.0. The van der Waals surface area contributed by atoms with E-state index < -0.39 is 39.4 Å². The number of para-hydroxylation sites is 1. The van der Waals surface area contributed by atoms with Crippen LogP contribution in [0, 0.1) is 0 Å². The Hall–Kier alpha value is -2.30. The fraction of sp³-hybridized carbons (Fsp3) is 0.235. The molecule has 152 valence electrons. The van der Waals surface area contributed by atoms with Crippen LogP contribution in [-0.4, -0.2) is 27.5 Å². The van der Waals surface area contributed by atoms with Gasteiger partial charge in [-0.25, -0.2) is 8.42 Å². The molecule has 0 aliphatic carbocycles. The van der Waals surface area contributed by atoms with Crippen LogP contribution < -0.4 is 14.8 Å². The molecule has 0 radical (unpaired) electrons. The molecule has 0 bridgehead atoms. The number of amides is 1. The second-order valence-corrected chi connectivity index (χ2v) is 7.79. The number of methoxy groups -OCH3 is 1. The van der Waals surface area contributed by atoms with Gasteiger partial charge in [-0.1, -0.05) is 23.7 Å². The monoisotopic (exact) mass is 436 g/mol. The first-order valence-corrected chi connectivity index (χ1v) is 9.65. The second kappa shape index (κ2) is 8.38. The summed E-state index contributed by atoms with van der Waals surface area (Å²) in [6.45, 7) is 1.20. The third-order valence-corrected chi connectivity index (χ3v) is 5.48. The predicted molar refractivity (Wildman–Crippen MR) is 97.9 cm³/mol. The lowest BCUT2D eigenvalue weighted by Crippen LogP contribution is -2.41. The minimum absolute atomic E-state index is 0.0431. The van der Waals surface area contributed by atoms with Crippen molar-refractivity contribution in [1.82, 2.24) is 4.72 Å². The zero-order chi connectivity index (χ0) is 21.1. The highest BCUT2D eigenvalue weighted by molar-refractivity contribution is 7.89. The molecule has 11 heteroatoms. The Bertz CT molecular complexity index is 981. The van der Waals surface area contributed by atoms with Gasteiger partial charge < -0.3 is 10.1 Å². The molecule has 0 fully saturated rings. The summed E-state index contributed by atoms with van der Waals surface area (Å²) in [7, 11) is -2.80. The van der Waals surface area contributed by atoms with Crippen LogP contribution in [0.4, 0.5) is 18.9 Å². The first-order valence-electron chi connectivity index (χ1n) is 7.78. The molecule has 0 aromatic heterocycles. The SMILES string of the molecule is COc1ccc(S(=O)(=O)N[C@H](C)C(=O)Nc2ccccc2C(F)(F)F)cc1Cl. The summed E-state index contributed by atoms with van der Waals surface area (Å²) < 4.78 is 70.9. The molecule has 2 aromatic carbocycles. The number of anilines is 1. The molecular formula is C17H16ClF3N2O4S. The summed E-state index contributed by atoms with van der Waals surface area (Å²) in [6, 6.07) is 6.71. The van der Waals surface area contributed by atoms with Crippen molar-refractivity contribution in [3.63, 3.8) is 0 Å². The molecule has 2 aromatic rings. The molecule has 0 unspecified atom stereocenters. The molecule has 0 aliphatic heterocycles. The van der Waals surface area contributed by atoms with Crippen molar-refractivity contribution >= 4 is 33.2 Å². The van der Waals surface area contributed by atoms with E-state index in [0.29, 0.717) is 0 Å². The molecule has 2 N–H and O–H groups in total. The quantitative estimate of drug-likeness (QED) is 0.723. The maximum absolute atomic E-state index is 13.0. The van der Waals surface area contributed by atoms with Crippen LogP contribution in [0.1, 0.15) is 12.5 Å². The number of alkyl halides is 3. The van der Waals surface area contributed by atoms with Gasteiger partial charge in [0.15, 0.2) is 0 Å². The van der Waals surface area contributed by atoms with Crippen molar-refractivity contribution in [3.05, 3.63) is 53.1 Å². The van der Waals surface area contributed by atoms with E-state index >= 15 is 0 Å². The Morgan fingerprint density at radius 3 is 2.39 bits per heavy atom. The molecule has 0 saturated carbocycles. The normalized spacial score (nSPS) is 13.1. The van der Waals surface area contributed by atoms with E-state index in [4.69, 9.17) is 16.3 Å². The van der Waals surface area contributed by atoms with E-state index in [2.05, 4.69) is 10.0 Å². The first kappa shape index (κ1) is 22.0. The van der Waals surface area contributed by atoms with Crippen LogP contribution >= 0.6 is 11.6 Å². The predicted octanol–water partition coefficient (Wildman–Crippen LogP) is 3.67. The Morgan fingerprint density at radius 2 is 1.82 bits per heavy atom. The Morgan fingerprint density at radius 1 is 1.18 bits per heavy atom. The minimum Gasteiger partial charge on any atom is -0.495 e. The molecule has 0 heterocycles. The molecule has 6 nitrogen and oxygen atoms in total. The second-order valence-electron chi connectivity index (χ2n) is 5.67. The minimum atomic E-state index is -4.67. The highest BCUT2D eigenvalue weighted by Crippen LogP contribution is 2.34. The summed E-state index contributed by atoms with van der Waals surface area (Å²) in [5, 5.41) is 2.13. The van der Waals surface area contributed by atoms with Crippen molar-refractivity contribution in [2.24, 2.45) is 0 Å². The van der Waals surface area contributed by atoms with Crippen molar-refractivity contribution in [2.45, 2.75) is 24.0 Å². The molecule has 28 heavy (non-hydrogen) atoms. The van der Waals surface area contributed by atoms with E-state index in [0.717, 1.165) is 18.2 Å². The lowest BCUT2D eigenvalue weighted by molar-refractivity contribution is -0.137. The van der Waals surface area contributed by atoms with E-state index in [1.165, 1.54) is 38.3 Å². The van der Waals surface area contributed by atoms with E-state index in [9.17, 15) is 26.4 Å². The van der Waals surface area contributed by atoms with E-state index in [1.54, 1.807) is 0 Å². The zero-order valence-corrected chi connectivity index (χ0v) is 16.2. The van der Waals surface area contributed by atoms with Crippen molar-refractivity contribution in [1.29, 1.82) is 0 Å². The number of benzene rings is 2. The third-order valence-electron chi connectivity index (χ3n) is 3.65. The number of sulfonamides is 1. The van der Waals surface area contributed by atoms with Gasteiger partial charge in [0, 0.05) is 0 Å². The Labute approximate surface area is 164 Å². The van der Waals surface area contributed by atoms with Gasteiger partial charge in [-0.3, -0.25) is 4.79 Å². The fourth-order valence-electron chi connectivity index (χ4n) is 2.25. The summed E-state index contributed by atoms with van der Waals surface area (Å²) in [5.41, 5.74) is -1.51. The summed E-state index contributed by atoms with van der Waals surface area (Å²) in [5.74, 6) is -0.699. The van der Waals surface area contributed by atoms with Crippen LogP contribution in [0.2, 0.25) is 5.02 Å². The van der Waals surface area contributed by atoms with Gasteiger partial charge in [0.1, 0.15) is 5.75 Å². The number of hydrogen-bond donors (Lipinski definition) is 2. The molecule has 1 atom stereocenters. The molecule has 0 saturated heterocycles. The van der Waals surface area contributed by atoms with Crippen molar-refractivity contribution < 1.29 is 31.1 Å². The fourth-order valence-corrected chi connectivity index (χ4v) is 3.80. The average molecular weight is 437 g/mol. The summed E-state index contributed by atoms with van der Waals surface area (Å²) >= 11 is 5.90. The summed E-state index contributed by atoms with van der Waals surface area (Å²) in [6.07, 6.45) is -4.67. The number of carbonyl (C=O) groups excluding carboxylic acids is 1. The lowest BCUT2D eigenvalue weighted by Gasteiger charge is -2.17. The zero-order valence-electron chi connectivity index (χ0n) is 14.7. The van der Waals surface area contributed by atoms with Gasteiger partial charge in [-0.15, -0.1) is 0 Å². The van der Waals surface area contributed by atoms with E-state index in [-0.39, 0.29) is 15.7 Å². The van der Waals surface area contributed by atoms with Gasteiger partial charge in [-0.2, -0.15) is 17.9 Å². The molecule has 1 amide bonds. The Kier molecular flexibility index (Phi) is 6.58. The lowest BCUT2D eigenvalue weighted by atomic mass is 10.1. The number of halogens is 4. The molecule has 0 spiro atoms. The van der Waals surface area contributed by atoms with Gasteiger partial charge in [0.25, 0.3) is 0 Å².